The zero-order valence-corrected chi connectivity index (χ0v) is 20.2. The van der Waals surface area contributed by atoms with Crippen LogP contribution in [-0.4, -0.2) is 35.4 Å². The second-order valence-corrected chi connectivity index (χ2v) is 9.58. The number of carbonyl (C=O) groups is 2. The zero-order chi connectivity index (χ0) is 24.2. The van der Waals surface area contributed by atoms with Crippen molar-refractivity contribution in [2.24, 2.45) is 5.92 Å². The third-order valence-electron chi connectivity index (χ3n) is 6.79. The van der Waals surface area contributed by atoms with Crippen molar-refractivity contribution < 1.29 is 9.59 Å². The van der Waals surface area contributed by atoms with Crippen molar-refractivity contribution in [3.8, 4) is 0 Å². The Balaban J connectivity index is 1.66. The number of aromatic nitrogens is 1. The summed E-state index contributed by atoms with van der Waals surface area (Å²) in [5.41, 5.74) is 0.498. The minimum Gasteiger partial charge on any atom is -0.352 e. The summed E-state index contributed by atoms with van der Waals surface area (Å²) in [4.78, 5) is 40.7. The highest BCUT2D eigenvalue weighted by atomic mass is 16.2. The number of nitrogens with one attached hydrogen (secondary N) is 1. The first kappa shape index (κ1) is 23.7. The maximum Gasteiger partial charge on any atom is 0.258 e. The summed E-state index contributed by atoms with van der Waals surface area (Å²) < 4.78 is 1.87. The molecule has 1 aromatic heterocycles. The predicted octanol–water partition coefficient (Wildman–Crippen LogP) is 4.77. The highest BCUT2D eigenvalue weighted by molar-refractivity contribution is 5.99. The van der Waals surface area contributed by atoms with Gasteiger partial charge in [0, 0.05) is 33.0 Å². The van der Waals surface area contributed by atoms with Crippen molar-refractivity contribution in [1.29, 1.82) is 0 Å². The standard InChI is InChI=1S/C28H33N3O3/c1-19(22-15-9-13-21-12-7-8-14-23(21)22)29-27(33)24-17-31(16-20-10-5-4-6-11-20)18-25(26(24)32)28(34)30(2)3/h7-9,12-15,17-20H,4-6,10-11,16H2,1-3H3,(H,29,33)/t19-/m1/s1. The Bertz CT molecular complexity index is 1250. The predicted molar refractivity (Wildman–Crippen MR) is 135 cm³/mol. The number of nitrogens with zero attached hydrogens (tertiary/aromatic N) is 2. The molecule has 1 aliphatic rings. The maximum absolute atomic E-state index is 13.3. The molecule has 0 unspecified atom stereocenters. The van der Waals surface area contributed by atoms with Crippen LogP contribution in [0, 0.1) is 5.92 Å². The van der Waals surface area contributed by atoms with Gasteiger partial charge in [0.05, 0.1) is 6.04 Å². The molecule has 2 amide bonds. The second-order valence-electron chi connectivity index (χ2n) is 9.58. The molecule has 1 saturated carbocycles. The van der Waals surface area contributed by atoms with Gasteiger partial charge in [0.15, 0.2) is 0 Å². The van der Waals surface area contributed by atoms with Crippen LogP contribution in [-0.2, 0) is 6.54 Å². The summed E-state index contributed by atoms with van der Waals surface area (Å²) in [6, 6.07) is 13.7. The first-order valence-corrected chi connectivity index (χ1v) is 12.1. The van der Waals surface area contributed by atoms with Crippen LogP contribution in [0.3, 0.4) is 0 Å². The van der Waals surface area contributed by atoms with E-state index in [1.54, 1.807) is 26.5 Å². The lowest BCUT2D eigenvalue weighted by molar-refractivity contribution is 0.0825. The van der Waals surface area contributed by atoms with E-state index in [1.165, 1.54) is 24.2 Å². The van der Waals surface area contributed by atoms with Crippen molar-refractivity contribution in [2.75, 3.05) is 14.1 Å². The van der Waals surface area contributed by atoms with E-state index in [9.17, 15) is 14.4 Å². The number of fused-ring (bicyclic) bond motifs is 1. The molecule has 34 heavy (non-hydrogen) atoms. The molecule has 1 aliphatic carbocycles. The van der Waals surface area contributed by atoms with E-state index in [0.717, 1.165) is 29.2 Å². The van der Waals surface area contributed by atoms with Crippen molar-refractivity contribution in [3.05, 3.63) is 81.8 Å². The molecule has 6 heteroatoms. The minimum absolute atomic E-state index is 0.00981. The molecular weight excluding hydrogens is 426 g/mol. The molecule has 178 valence electrons. The fourth-order valence-electron chi connectivity index (χ4n) is 4.94. The van der Waals surface area contributed by atoms with E-state index in [-0.39, 0.29) is 23.1 Å². The molecule has 0 bridgehead atoms. The van der Waals surface area contributed by atoms with Gasteiger partial charge in [-0.15, -0.1) is 0 Å². The van der Waals surface area contributed by atoms with Crippen LogP contribution < -0.4 is 10.7 Å². The Labute approximate surface area is 200 Å². The monoisotopic (exact) mass is 459 g/mol. The minimum atomic E-state index is -0.527. The summed E-state index contributed by atoms with van der Waals surface area (Å²) in [6.07, 6.45) is 9.14. The quantitative estimate of drug-likeness (QED) is 0.577. The lowest BCUT2D eigenvalue weighted by atomic mass is 9.89. The summed E-state index contributed by atoms with van der Waals surface area (Å²) in [5.74, 6) is -0.362. The summed E-state index contributed by atoms with van der Waals surface area (Å²) >= 11 is 0. The number of benzene rings is 2. The smallest absolute Gasteiger partial charge is 0.258 e. The van der Waals surface area contributed by atoms with Gasteiger partial charge in [0.25, 0.3) is 11.8 Å². The van der Waals surface area contributed by atoms with E-state index in [0.29, 0.717) is 12.5 Å². The first-order valence-electron chi connectivity index (χ1n) is 12.1. The van der Waals surface area contributed by atoms with E-state index in [2.05, 4.69) is 5.32 Å². The number of carbonyl (C=O) groups excluding carboxylic acids is 2. The molecule has 1 atom stereocenters. The van der Waals surface area contributed by atoms with Crippen molar-refractivity contribution in [1.82, 2.24) is 14.8 Å². The maximum atomic E-state index is 13.3. The van der Waals surface area contributed by atoms with Crippen LogP contribution in [0.5, 0.6) is 0 Å². The summed E-state index contributed by atoms with van der Waals surface area (Å²) in [6.45, 7) is 2.61. The highest BCUT2D eigenvalue weighted by Crippen LogP contribution is 2.26. The number of rotatable bonds is 6. The van der Waals surface area contributed by atoms with E-state index in [1.807, 2.05) is 54.0 Å². The Hall–Kier alpha value is -3.41. The van der Waals surface area contributed by atoms with Crippen molar-refractivity contribution >= 4 is 22.6 Å². The number of hydrogen-bond acceptors (Lipinski definition) is 3. The second kappa shape index (κ2) is 10.2. The van der Waals surface area contributed by atoms with Crippen molar-refractivity contribution in [3.63, 3.8) is 0 Å². The lowest BCUT2D eigenvalue weighted by Gasteiger charge is -2.24. The Kier molecular flexibility index (Phi) is 7.15. The molecule has 1 N–H and O–H groups in total. The third-order valence-corrected chi connectivity index (χ3v) is 6.79. The molecule has 0 radical (unpaired) electrons. The molecule has 6 nitrogen and oxygen atoms in total. The summed E-state index contributed by atoms with van der Waals surface area (Å²) in [7, 11) is 3.23. The van der Waals surface area contributed by atoms with Gasteiger partial charge in [-0.2, -0.15) is 0 Å². The number of pyridine rings is 1. The fourth-order valence-corrected chi connectivity index (χ4v) is 4.94. The van der Waals surface area contributed by atoms with Crippen LogP contribution >= 0.6 is 0 Å². The molecule has 0 spiro atoms. The lowest BCUT2D eigenvalue weighted by Crippen LogP contribution is -2.36. The van der Waals surface area contributed by atoms with Gasteiger partial charge in [-0.25, -0.2) is 0 Å². The molecule has 0 aliphatic heterocycles. The van der Waals surface area contributed by atoms with Gasteiger partial charge in [-0.3, -0.25) is 14.4 Å². The van der Waals surface area contributed by atoms with Crippen LogP contribution in [0.1, 0.15) is 71.3 Å². The van der Waals surface area contributed by atoms with Crippen LogP contribution in [0.4, 0.5) is 0 Å². The molecule has 2 aromatic carbocycles. The van der Waals surface area contributed by atoms with Crippen LogP contribution in [0.15, 0.2) is 59.7 Å². The SMILES string of the molecule is C[C@@H](NC(=O)c1cn(CC2CCCCC2)cc(C(=O)N(C)C)c1=O)c1cccc2ccccc12. The van der Waals surface area contributed by atoms with Gasteiger partial charge in [-0.1, -0.05) is 61.7 Å². The number of hydrogen-bond donors (Lipinski definition) is 1. The van der Waals surface area contributed by atoms with Gasteiger partial charge < -0.3 is 14.8 Å². The average molecular weight is 460 g/mol. The van der Waals surface area contributed by atoms with Gasteiger partial charge in [-0.05, 0) is 42.0 Å². The van der Waals surface area contributed by atoms with Crippen LogP contribution in [0.2, 0.25) is 0 Å². The molecule has 0 saturated heterocycles. The average Bonchev–Trinajstić information content (AvgIpc) is 2.84. The topological polar surface area (TPSA) is 71.4 Å². The van der Waals surface area contributed by atoms with Gasteiger partial charge in [0.2, 0.25) is 5.43 Å². The highest BCUT2D eigenvalue weighted by Gasteiger charge is 2.23. The van der Waals surface area contributed by atoms with Gasteiger partial charge in [0.1, 0.15) is 11.1 Å². The fraction of sp³-hybridized carbons (Fsp3) is 0.393. The van der Waals surface area contributed by atoms with E-state index in [4.69, 9.17) is 0 Å². The number of amides is 2. The molecule has 4 rings (SSSR count). The Morgan fingerprint density at radius 3 is 2.41 bits per heavy atom. The zero-order valence-electron chi connectivity index (χ0n) is 20.2. The van der Waals surface area contributed by atoms with Gasteiger partial charge >= 0.3 is 0 Å². The van der Waals surface area contributed by atoms with E-state index < -0.39 is 11.3 Å². The normalized spacial score (nSPS) is 15.1. The largest absolute Gasteiger partial charge is 0.352 e. The molecule has 1 fully saturated rings. The first-order chi connectivity index (χ1) is 16.3. The van der Waals surface area contributed by atoms with E-state index >= 15 is 0 Å². The molecule has 3 aromatic rings. The molecule has 1 heterocycles. The summed E-state index contributed by atoms with van der Waals surface area (Å²) in [5, 5.41) is 5.15. The Morgan fingerprint density at radius 1 is 1.00 bits per heavy atom. The Morgan fingerprint density at radius 2 is 1.68 bits per heavy atom. The molecular formula is C28H33N3O3. The van der Waals surface area contributed by atoms with Crippen LogP contribution in [0.25, 0.3) is 10.8 Å². The van der Waals surface area contributed by atoms with Crippen molar-refractivity contribution in [2.45, 2.75) is 51.6 Å². The third kappa shape index (κ3) is 5.06.